The van der Waals surface area contributed by atoms with Crippen molar-refractivity contribution in [2.24, 2.45) is 0 Å². The summed E-state index contributed by atoms with van der Waals surface area (Å²) >= 11 is 0. The number of amides is 1. The first kappa shape index (κ1) is 16.6. The van der Waals surface area contributed by atoms with Crippen LogP contribution in [0.4, 0.5) is 9.18 Å². The van der Waals surface area contributed by atoms with Gasteiger partial charge < -0.3 is 9.64 Å². The van der Waals surface area contributed by atoms with Crippen LogP contribution in [0.3, 0.4) is 0 Å². The number of carbonyl (C=O) groups is 1. The molecule has 9 heteroatoms. The lowest BCUT2D eigenvalue weighted by molar-refractivity contribution is 0.00738. The van der Waals surface area contributed by atoms with E-state index in [4.69, 9.17) is 4.74 Å². The molecule has 1 N–H and O–H groups in total. The monoisotopic (exact) mass is 331 g/mol. The van der Waals surface area contributed by atoms with Crippen LogP contribution in [0.1, 0.15) is 20.8 Å². The van der Waals surface area contributed by atoms with Crippen LogP contribution in [0.25, 0.3) is 0 Å². The maximum absolute atomic E-state index is 13.0. The Morgan fingerprint density at radius 1 is 1.41 bits per heavy atom. The van der Waals surface area contributed by atoms with E-state index >= 15 is 0 Å². The van der Waals surface area contributed by atoms with Crippen LogP contribution in [0, 0.1) is 5.82 Å². The number of likely N-dealkylation sites (tertiary alicyclic amines) is 1. The average molecular weight is 331 g/mol. The van der Waals surface area contributed by atoms with Crippen LogP contribution in [-0.4, -0.2) is 49.1 Å². The molecule has 1 aliphatic rings. The summed E-state index contributed by atoms with van der Waals surface area (Å²) in [6.45, 7) is 5.67. The van der Waals surface area contributed by atoms with Gasteiger partial charge in [0.1, 0.15) is 16.3 Å². The maximum atomic E-state index is 13.0. The third kappa shape index (κ3) is 4.14. The van der Waals surface area contributed by atoms with Gasteiger partial charge in [0.05, 0.1) is 12.2 Å². The largest absolute Gasteiger partial charge is 0.444 e. The first-order valence-corrected chi connectivity index (χ1v) is 8.16. The van der Waals surface area contributed by atoms with E-state index in [0.29, 0.717) is 0 Å². The number of ether oxygens (including phenoxy) is 1. The van der Waals surface area contributed by atoms with Gasteiger partial charge in [0.25, 0.3) is 0 Å². The Morgan fingerprint density at radius 3 is 2.59 bits per heavy atom. The summed E-state index contributed by atoms with van der Waals surface area (Å²) in [5.74, 6) is -0.730. The van der Waals surface area contributed by atoms with Crippen LogP contribution in [0.5, 0.6) is 0 Å². The molecule has 0 aliphatic carbocycles. The summed E-state index contributed by atoms with van der Waals surface area (Å²) in [7, 11) is -3.86. The highest BCUT2D eigenvalue weighted by atomic mass is 32.2. The number of nitrogens with one attached hydrogen (secondary N) is 1. The highest BCUT2D eigenvalue weighted by Gasteiger charge is 2.36. The molecule has 1 aliphatic heterocycles. The minimum absolute atomic E-state index is 0.205. The van der Waals surface area contributed by atoms with Crippen molar-refractivity contribution in [3.8, 4) is 0 Å². The summed E-state index contributed by atoms with van der Waals surface area (Å²) in [5.41, 5.74) is -0.602. The first-order chi connectivity index (χ1) is 10.1. The zero-order chi connectivity index (χ0) is 16.5. The van der Waals surface area contributed by atoms with Crippen molar-refractivity contribution in [1.29, 1.82) is 0 Å². The Bertz CT molecular complexity index is 666. The zero-order valence-electron chi connectivity index (χ0n) is 12.5. The summed E-state index contributed by atoms with van der Waals surface area (Å²) in [6.07, 6.45) is 1.50. The highest BCUT2D eigenvalue weighted by Crippen LogP contribution is 2.17. The normalized spacial score (nSPS) is 16.3. The van der Waals surface area contributed by atoms with Crippen molar-refractivity contribution in [2.45, 2.75) is 37.3 Å². The fourth-order valence-electron chi connectivity index (χ4n) is 1.86. The number of hydrogen-bond acceptors (Lipinski definition) is 5. The Balaban J connectivity index is 1.91. The molecule has 0 radical (unpaired) electrons. The molecule has 0 saturated carbocycles. The molecule has 1 saturated heterocycles. The maximum Gasteiger partial charge on any atom is 0.410 e. The van der Waals surface area contributed by atoms with E-state index in [1.807, 2.05) is 0 Å². The van der Waals surface area contributed by atoms with Gasteiger partial charge >= 0.3 is 6.09 Å². The quantitative estimate of drug-likeness (QED) is 0.896. The van der Waals surface area contributed by atoms with Crippen molar-refractivity contribution in [2.75, 3.05) is 13.1 Å². The Labute approximate surface area is 128 Å². The van der Waals surface area contributed by atoms with Crippen molar-refractivity contribution >= 4 is 16.1 Å². The van der Waals surface area contributed by atoms with E-state index in [2.05, 4.69) is 9.71 Å². The lowest BCUT2D eigenvalue weighted by Gasteiger charge is -2.39. The van der Waals surface area contributed by atoms with Gasteiger partial charge in [0, 0.05) is 19.3 Å². The van der Waals surface area contributed by atoms with E-state index in [1.165, 1.54) is 4.90 Å². The van der Waals surface area contributed by atoms with Crippen molar-refractivity contribution in [3.63, 3.8) is 0 Å². The Kier molecular flexibility index (Phi) is 4.39. The molecule has 0 atom stereocenters. The van der Waals surface area contributed by atoms with Crippen molar-refractivity contribution < 1.29 is 22.3 Å². The number of rotatable bonds is 3. The number of hydrogen-bond donors (Lipinski definition) is 1. The molecular formula is C13H18FN3O4S. The minimum atomic E-state index is -3.86. The summed E-state index contributed by atoms with van der Waals surface area (Å²) in [5, 5.41) is 0. The molecule has 0 bridgehead atoms. The summed E-state index contributed by atoms with van der Waals surface area (Å²) in [6, 6.07) is 0.459. The van der Waals surface area contributed by atoms with E-state index in [1.54, 1.807) is 20.8 Å². The second kappa shape index (κ2) is 5.81. The van der Waals surface area contributed by atoms with Gasteiger partial charge in [0.2, 0.25) is 10.0 Å². The standard InChI is InChI=1S/C13H18FN3O4S/c1-13(2,3)21-12(18)17-7-10(8-17)16-22(19,20)11-4-9(14)5-15-6-11/h4-6,10,16H,7-8H2,1-3H3. The predicted molar refractivity (Wildman–Crippen MR) is 76.1 cm³/mol. The number of nitrogens with zero attached hydrogens (tertiary/aromatic N) is 2. The molecule has 0 aromatic carbocycles. The predicted octanol–water partition coefficient (Wildman–Crippen LogP) is 1.12. The molecule has 22 heavy (non-hydrogen) atoms. The smallest absolute Gasteiger partial charge is 0.410 e. The lowest BCUT2D eigenvalue weighted by Crippen LogP contribution is -2.61. The molecule has 7 nitrogen and oxygen atoms in total. The molecule has 122 valence electrons. The lowest BCUT2D eigenvalue weighted by atomic mass is 10.1. The average Bonchev–Trinajstić information content (AvgIpc) is 2.31. The number of halogens is 1. The van der Waals surface area contributed by atoms with Crippen molar-refractivity contribution in [3.05, 3.63) is 24.3 Å². The zero-order valence-corrected chi connectivity index (χ0v) is 13.4. The fourth-order valence-corrected chi connectivity index (χ4v) is 3.05. The molecule has 1 aromatic rings. The number of pyridine rings is 1. The van der Waals surface area contributed by atoms with Gasteiger partial charge in [-0.3, -0.25) is 4.98 Å². The summed E-state index contributed by atoms with van der Waals surface area (Å²) in [4.78, 5) is 16.4. The van der Waals surface area contributed by atoms with Gasteiger partial charge in [-0.25, -0.2) is 22.3 Å². The highest BCUT2D eigenvalue weighted by molar-refractivity contribution is 7.89. The van der Waals surface area contributed by atoms with Crippen LogP contribution >= 0.6 is 0 Å². The van der Waals surface area contributed by atoms with Crippen molar-refractivity contribution in [1.82, 2.24) is 14.6 Å². The molecule has 1 aromatic heterocycles. The first-order valence-electron chi connectivity index (χ1n) is 6.68. The van der Waals surface area contributed by atoms with E-state index < -0.39 is 33.6 Å². The van der Waals surface area contributed by atoms with Crippen LogP contribution < -0.4 is 4.72 Å². The van der Waals surface area contributed by atoms with Crippen LogP contribution in [0.2, 0.25) is 0 Å². The van der Waals surface area contributed by atoms with Gasteiger partial charge in [-0.2, -0.15) is 0 Å². The van der Waals surface area contributed by atoms with E-state index in [-0.39, 0.29) is 18.0 Å². The van der Waals surface area contributed by atoms with E-state index in [0.717, 1.165) is 18.5 Å². The van der Waals surface area contributed by atoms with Gasteiger partial charge in [-0.1, -0.05) is 0 Å². The molecular weight excluding hydrogens is 313 g/mol. The van der Waals surface area contributed by atoms with Crippen LogP contribution in [-0.2, 0) is 14.8 Å². The fraction of sp³-hybridized carbons (Fsp3) is 0.538. The second-order valence-corrected chi connectivity index (χ2v) is 7.76. The third-order valence-corrected chi connectivity index (χ3v) is 4.33. The molecule has 1 fully saturated rings. The number of carbonyl (C=O) groups excluding carboxylic acids is 1. The topological polar surface area (TPSA) is 88.6 Å². The molecule has 0 unspecified atom stereocenters. The number of sulfonamides is 1. The Morgan fingerprint density at radius 2 is 2.05 bits per heavy atom. The third-order valence-electron chi connectivity index (χ3n) is 2.85. The van der Waals surface area contributed by atoms with Gasteiger partial charge in [-0.05, 0) is 26.8 Å². The Hall–Kier alpha value is -1.74. The van der Waals surface area contributed by atoms with Crippen LogP contribution in [0.15, 0.2) is 23.4 Å². The van der Waals surface area contributed by atoms with E-state index in [9.17, 15) is 17.6 Å². The molecule has 2 heterocycles. The van der Waals surface area contributed by atoms with Gasteiger partial charge in [0.15, 0.2) is 0 Å². The SMILES string of the molecule is CC(C)(C)OC(=O)N1CC(NS(=O)(=O)c2cncc(F)c2)C1. The second-order valence-electron chi connectivity index (χ2n) is 6.04. The molecule has 2 rings (SSSR count). The number of aromatic nitrogens is 1. The summed E-state index contributed by atoms with van der Waals surface area (Å²) < 4.78 is 44.7. The minimum Gasteiger partial charge on any atom is -0.444 e. The molecule has 0 spiro atoms. The molecule has 1 amide bonds. The van der Waals surface area contributed by atoms with Gasteiger partial charge in [-0.15, -0.1) is 0 Å².